The van der Waals surface area contributed by atoms with E-state index in [0.717, 1.165) is 24.2 Å². The van der Waals surface area contributed by atoms with Gasteiger partial charge < -0.3 is 9.84 Å². The Kier molecular flexibility index (Phi) is 1.96. The third kappa shape index (κ3) is 1.17. The van der Waals surface area contributed by atoms with Crippen molar-refractivity contribution in [3.8, 4) is 0 Å². The number of hydrogen-bond donors (Lipinski definition) is 1. The molecule has 0 radical (unpaired) electrons. The summed E-state index contributed by atoms with van der Waals surface area (Å²) in [5.74, 6) is 0.140. The van der Waals surface area contributed by atoms with Gasteiger partial charge in [0.05, 0.1) is 12.1 Å². The van der Waals surface area contributed by atoms with Gasteiger partial charge in [0.15, 0.2) is 0 Å². The average Bonchev–Trinajstić information content (AvgIpc) is 2.92. The fourth-order valence-electron chi connectivity index (χ4n) is 2.93. The smallest absolute Gasteiger partial charge is 0.416 e. The lowest BCUT2D eigenvalue weighted by atomic mass is 9.96. The Morgan fingerprint density at radius 1 is 1.38 bits per heavy atom. The summed E-state index contributed by atoms with van der Waals surface area (Å²) >= 11 is 0. The van der Waals surface area contributed by atoms with Crippen LogP contribution >= 0.6 is 0 Å². The second-order valence-corrected chi connectivity index (χ2v) is 4.58. The van der Waals surface area contributed by atoms with Crippen molar-refractivity contribution in [1.29, 1.82) is 0 Å². The zero-order valence-electron chi connectivity index (χ0n) is 8.81. The van der Waals surface area contributed by atoms with Gasteiger partial charge in [-0.1, -0.05) is 0 Å². The molecule has 1 saturated carbocycles. The fourth-order valence-corrected chi connectivity index (χ4v) is 2.93. The fraction of sp³-hybridized carbons (Fsp3) is 0.636. The van der Waals surface area contributed by atoms with Gasteiger partial charge in [0.2, 0.25) is 0 Å². The Labute approximate surface area is 92.7 Å². The molecule has 2 aliphatic carbocycles. The molecule has 2 unspecified atom stereocenters. The summed E-state index contributed by atoms with van der Waals surface area (Å²) < 4.78 is 4.72. The van der Waals surface area contributed by atoms with Gasteiger partial charge in [-0.3, -0.25) is 4.79 Å². The molecule has 0 aromatic carbocycles. The molecule has 2 fully saturated rings. The maximum Gasteiger partial charge on any atom is 0.416 e. The molecule has 16 heavy (non-hydrogen) atoms. The number of ether oxygens (including phenoxy) is 1. The molecule has 2 amide bonds. The normalized spacial score (nSPS) is 32.5. The van der Waals surface area contributed by atoms with Crippen LogP contribution in [0, 0.1) is 11.8 Å². The Hall–Kier alpha value is -1.52. The van der Waals surface area contributed by atoms with Crippen LogP contribution in [0.25, 0.3) is 0 Å². The van der Waals surface area contributed by atoms with E-state index >= 15 is 0 Å². The van der Waals surface area contributed by atoms with E-state index in [-0.39, 0.29) is 30.1 Å². The first kappa shape index (κ1) is 9.69. The van der Waals surface area contributed by atoms with Gasteiger partial charge in [0.25, 0.3) is 5.91 Å². The van der Waals surface area contributed by atoms with E-state index in [4.69, 9.17) is 4.74 Å². The third-order valence-corrected chi connectivity index (χ3v) is 3.74. The quantitative estimate of drug-likeness (QED) is 0.725. The van der Waals surface area contributed by atoms with E-state index in [1.165, 1.54) is 0 Å². The highest BCUT2D eigenvalue weighted by Gasteiger charge is 2.45. The largest absolute Gasteiger partial charge is 0.512 e. The molecular weight excluding hydrogens is 210 g/mol. The highest BCUT2D eigenvalue weighted by Crippen LogP contribution is 2.48. The summed E-state index contributed by atoms with van der Waals surface area (Å²) in [7, 11) is 0. The number of amides is 2. The summed E-state index contributed by atoms with van der Waals surface area (Å²) in [4.78, 5) is 24.4. The van der Waals surface area contributed by atoms with Crippen LogP contribution in [0.2, 0.25) is 0 Å². The van der Waals surface area contributed by atoms with Crippen molar-refractivity contribution in [3.63, 3.8) is 0 Å². The molecule has 0 aromatic heterocycles. The van der Waals surface area contributed by atoms with Crippen molar-refractivity contribution >= 4 is 12.0 Å². The molecule has 1 aliphatic heterocycles. The second kappa shape index (κ2) is 3.23. The van der Waals surface area contributed by atoms with Gasteiger partial charge in [-0.05, 0) is 25.2 Å². The monoisotopic (exact) mass is 223 g/mol. The molecule has 5 heteroatoms. The maximum atomic E-state index is 12.1. The van der Waals surface area contributed by atoms with Crippen LogP contribution in [-0.2, 0) is 9.53 Å². The number of carbonyl (C=O) groups is 2. The number of aliphatic hydroxyl groups excluding tert-OH is 1. The Morgan fingerprint density at radius 3 is 2.69 bits per heavy atom. The second-order valence-electron chi connectivity index (χ2n) is 4.58. The molecule has 86 valence electrons. The molecule has 3 rings (SSSR count). The lowest BCUT2D eigenvalue weighted by Crippen LogP contribution is -2.34. The van der Waals surface area contributed by atoms with Crippen molar-refractivity contribution in [2.24, 2.45) is 11.8 Å². The highest BCUT2D eigenvalue weighted by molar-refractivity contribution is 6.04. The molecule has 2 bridgehead atoms. The lowest BCUT2D eigenvalue weighted by Gasteiger charge is -2.18. The van der Waals surface area contributed by atoms with Crippen LogP contribution in [0.15, 0.2) is 11.3 Å². The van der Waals surface area contributed by atoms with Gasteiger partial charge in [-0.15, -0.1) is 0 Å². The standard InChI is InChI=1S/C11H13NO4/c13-9-7-2-1-6(5-7)8(9)10(14)12-3-4-16-11(12)15/h6-7,13H,1-5H2. The van der Waals surface area contributed by atoms with E-state index < -0.39 is 6.09 Å². The third-order valence-electron chi connectivity index (χ3n) is 3.74. The average molecular weight is 223 g/mol. The van der Waals surface area contributed by atoms with Crippen molar-refractivity contribution in [1.82, 2.24) is 4.90 Å². The summed E-state index contributed by atoms with van der Waals surface area (Å²) in [6.45, 7) is 0.554. The van der Waals surface area contributed by atoms with E-state index in [0.29, 0.717) is 12.1 Å². The van der Waals surface area contributed by atoms with E-state index in [9.17, 15) is 14.7 Å². The molecular formula is C11H13NO4. The van der Waals surface area contributed by atoms with Crippen LogP contribution in [0.5, 0.6) is 0 Å². The maximum absolute atomic E-state index is 12.1. The topological polar surface area (TPSA) is 66.8 Å². The highest BCUT2D eigenvalue weighted by atomic mass is 16.6. The summed E-state index contributed by atoms with van der Waals surface area (Å²) in [6.07, 6.45) is 2.17. The van der Waals surface area contributed by atoms with Crippen LogP contribution in [0.3, 0.4) is 0 Å². The Bertz CT molecular complexity index is 401. The number of nitrogens with zero attached hydrogens (tertiary/aromatic N) is 1. The number of allylic oxidation sites excluding steroid dienone is 1. The van der Waals surface area contributed by atoms with Crippen LogP contribution in [-0.4, -0.2) is 35.2 Å². The SMILES string of the molecule is O=C1OCCN1C(=O)C1=C(O)C2CCC1C2. The number of rotatable bonds is 1. The van der Waals surface area contributed by atoms with Crippen molar-refractivity contribution < 1.29 is 19.4 Å². The lowest BCUT2D eigenvalue weighted by molar-refractivity contribution is -0.124. The van der Waals surface area contributed by atoms with Crippen LogP contribution < -0.4 is 0 Å². The zero-order chi connectivity index (χ0) is 11.3. The summed E-state index contributed by atoms with van der Waals surface area (Å²) in [5, 5.41) is 9.88. The number of imide groups is 1. The minimum absolute atomic E-state index is 0.141. The predicted molar refractivity (Wildman–Crippen MR) is 53.5 cm³/mol. The van der Waals surface area contributed by atoms with E-state index in [2.05, 4.69) is 0 Å². The van der Waals surface area contributed by atoms with Crippen molar-refractivity contribution in [3.05, 3.63) is 11.3 Å². The molecule has 5 nitrogen and oxygen atoms in total. The molecule has 0 aromatic rings. The summed E-state index contributed by atoms with van der Waals surface area (Å²) in [5.41, 5.74) is 0.454. The van der Waals surface area contributed by atoms with Crippen molar-refractivity contribution in [2.45, 2.75) is 19.3 Å². The Balaban J connectivity index is 1.88. The molecule has 1 N–H and O–H groups in total. The Morgan fingerprint density at radius 2 is 2.12 bits per heavy atom. The molecule has 0 spiro atoms. The minimum atomic E-state index is -0.590. The minimum Gasteiger partial charge on any atom is -0.512 e. The molecule has 1 heterocycles. The van der Waals surface area contributed by atoms with Gasteiger partial charge in [-0.2, -0.15) is 0 Å². The van der Waals surface area contributed by atoms with Crippen molar-refractivity contribution in [2.75, 3.05) is 13.2 Å². The molecule has 3 aliphatic rings. The van der Waals surface area contributed by atoms with Crippen LogP contribution in [0.1, 0.15) is 19.3 Å². The first-order valence-electron chi connectivity index (χ1n) is 5.60. The van der Waals surface area contributed by atoms with Crippen LogP contribution in [0.4, 0.5) is 4.79 Å². The predicted octanol–water partition coefficient (Wildman–Crippen LogP) is 1.21. The first-order valence-corrected chi connectivity index (χ1v) is 5.60. The van der Waals surface area contributed by atoms with E-state index in [1.54, 1.807) is 0 Å². The van der Waals surface area contributed by atoms with Gasteiger partial charge in [0.1, 0.15) is 12.4 Å². The first-order chi connectivity index (χ1) is 7.68. The van der Waals surface area contributed by atoms with E-state index in [1.807, 2.05) is 0 Å². The number of fused-ring (bicyclic) bond motifs is 2. The number of cyclic esters (lactones) is 1. The zero-order valence-corrected chi connectivity index (χ0v) is 8.81. The van der Waals surface area contributed by atoms with Gasteiger partial charge >= 0.3 is 6.09 Å². The van der Waals surface area contributed by atoms with Gasteiger partial charge in [-0.25, -0.2) is 9.69 Å². The molecule has 1 saturated heterocycles. The summed E-state index contributed by atoms with van der Waals surface area (Å²) in [6, 6.07) is 0. The number of aliphatic hydroxyl groups is 1. The molecule has 2 atom stereocenters. The van der Waals surface area contributed by atoms with Gasteiger partial charge in [0, 0.05) is 5.92 Å². The number of hydrogen-bond acceptors (Lipinski definition) is 4. The number of carbonyl (C=O) groups excluding carboxylic acids is 2.